The Labute approximate surface area is 57.3 Å². The fourth-order valence-corrected chi connectivity index (χ4v) is 0.141. The van der Waals surface area contributed by atoms with Crippen molar-refractivity contribution in [2.24, 2.45) is 0 Å². The van der Waals surface area contributed by atoms with Gasteiger partial charge in [0.1, 0.15) is 0 Å². The Morgan fingerprint density at radius 2 is 1.67 bits per heavy atom. The van der Waals surface area contributed by atoms with E-state index in [-0.39, 0.29) is 18.3 Å². The molecule has 0 heterocycles. The summed E-state index contributed by atoms with van der Waals surface area (Å²) in [5, 5.41) is 8.72. The topological polar surface area (TPSA) is 58.5 Å². The maximum atomic E-state index is 8.72. The molecule has 4 N–H and O–H groups in total. The Hall–Kier alpha value is -0.120. The maximum Gasteiger partial charge on any atom is 0.0609 e. The molecular formula is C6H18N2O. The van der Waals surface area contributed by atoms with Crippen LogP contribution in [0, 0.1) is 0 Å². The van der Waals surface area contributed by atoms with Gasteiger partial charge in [0.25, 0.3) is 0 Å². The lowest BCUT2D eigenvalue weighted by molar-refractivity contribution is 0.100. The van der Waals surface area contributed by atoms with E-state index >= 15 is 0 Å². The first-order valence-electron chi connectivity index (χ1n) is 2.79. The van der Waals surface area contributed by atoms with Crippen molar-refractivity contribution < 1.29 is 5.11 Å². The molecule has 3 heteroatoms. The van der Waals surface area contributed by atoms with Gasteiger partial charge in [0.15, 0.2) is 0 Å². The highest BCUT2D eigenvalue weighted by molar-refractivity contribution is 4.74. The lowest BCUT2D eigenvalue weighted by atomic mass is 10.1. The molecule has 0 aliphatic rings. The van der Waals surface area contributed by atoms with E-state index in [1.807, 2.05) is 32.8 Å². The van der Waals surface area contributed by atoms with Crippen LogP contribution in [-0.4, -0.2) is 36.2 Å². The van der Waals surface area contributed by atoms with E-state index < -0.39 is 0 Å². The summed E-state index contributed by atoms with van der Waals surface area (Å²) in [6, 6.07) is 0. The van der Waals surface area contributed by atoms with Gasteiger partial charge in [-0.05, 0) is 27.9 Å². The van der Waals surface area contributed by atoms with Gasteiger partial charge in [-0.15, -0.1) is 0 Å². The maximum absolute atomic E-state index is 8.72. The smallest absolute Gasteiger partial charge is 0.0609 e. The average molecular weight is 134 g/mol. The summed E-state index contributed by atoms with van der Waals surface area (Å²) in [5.41, 5.74) is -0.0694. The van der Waals surface area contributed by atoms with Gasteiger partial charge in [0, 0.05) is 5.54 Å². The van der Waals surface area contributed by atoms with Crippen LogP contribution in [0.3, 0.4) is 0 Å². The van der Waals surface area contributed by atoms with Crippen molar-refractivity contribution in [3.63, 3.8) is 0 Å². The Kier molecular flexibility index (Phi) is 4.95. The van der Waals surface area contributed by atoms with Crippen LogP contribution in [0.4, 0.5) is 0 Å². The first kappa shape index (κ1) is 11.6. The number of rotatable bonds is 2. The largest absolute Gasteiger partial charge is 0.394 e. The first-order chi connectivity index (χ1) is 3.50. The van der Waals surface area contributed by atoms with Gasteiger partial charge in [0.2, 0.25) is 0 Å². The highest BCUT2D eigenvalue weighted by atomic mass is 16.3. The SMILES string of the molecule is CN(C)C(C)(C)CO.N. The Bertz CT molecular complexity index is 71.5. The summed E-state index contributed by atoms with van der Waals surface area (Å²) in [5.74, 6) is 0. The molecular weight excluding hydrogens is 116 g/mol. The summed E-state index contributed by atoms with van der Waals surface area (Å²) in [6.45, 7) is 4.19. The molecule has 3 nitrogen and oxygen atoms in total. The molecule has 0 aromatic carbocycles. The van der Waals surface area contributed by atoms with Crippen molar-refractivity contribution in [1.29, 1.82) is 0 Å². The van der Waals surface area contributed by atoms with Crippen LogP contribution >= 0.6 is 0 Å². The van der Waals surface area contributed by atoms with Gasteiger partial charge >= 0.3 is 0 Å². The minimum atomic E-state index is -0.0694. The van der Waals surface area contributed by atoms with Crippen molar-refractivity contribution in [2.45, 2.75) is 19.4 Å². The highest BCUT2D eigenvalue weighted by Crippen LogP contribution is 2.06. The summed E-state index contributed by atoms with van der Waals surface area (Å²) < 4.78 is 0. The molecule has 58 valence electrons. The summed E-state index contributed by atoms with van der Waals surface area (Å²) >= 11 is 0. The summed E-state index contributed by atoms with van der Waals surface area (Å²) in [7, 11) is 3.91. The van der Waals surface area contributed by atoms with Crippen molar-refractivity contribution >= 4 is 0 Å². The zero-order chi connectivity index (χ0) is 6.78. The van der Waals surface area contributed by atoms with Crippen molar-refractivity contribution in [3.8, 4) is 0 Å². The minimum Gasteiger partial charge on any atom is -0.394 e. The van der Waals surface area contributed by atoms with Crippen LogP contribution in [0.5, 0.6) is 0 Å². The lowest BCUT2D eigenvalue weighted by Crippen LogP contribution is -2.41. The second kappa shape index (κ2) is 3.82. The predicted molar refractivity (Wildman–Crippen MR) is 39.9 cm³/mol. The van der Waals surface area contributed by atoms with Crippen LogP contribution in [0.2, 0.25) is 0 Å². The molecule has 0 rings (SSSR count). The number of nitrogens with zero attached hydrogens (tertiary/aromatic N) is 1. The zero-order valence-corrected chi connectivity index (χ0v) is 6.81. The third-order valence-corrected chi connectivity index (χ3v) is 1.60. The van der Waals surface area contributed by atoms with E-state index in [2.05, 4.69) is 0 Å². The number of hydrogen-bond acceptors (Lipinski definition) is 3. The number of hydrogen-bond donors (Lipinski definition) is 2. The Morgan fingerprint density at radius 1 is 1.33 bits per heavy atom. The molecule has 0 aromatic heterocycles. The quantitative estimate of drug-likeness (QED) is 0.577. The van der Waals surface area contributed by atoms with Crippen LogP contribution < -0.4 is 6.15 Å². The number of likely N-dealkylation sites (N-methyl/N-ethyl adjacent to an activating group) is 1. The second-order valence-corrected chi connectivity index (χ2v) is 2.86. The normalized spacial score (nSPS) is 11.3. The molecule has 0 fully saturated rings. The van der Waals surface area contributed by atoms with Crippen molar-refractivity contribution in [3.05, 3.63) is 0 Å². The molecule has 0 aromatic rings. The van der Waals surface area contributed by atoms with Gasteiger partial charge in [0.05, 0.1) is 6.61 Å². The molecule has 0 unspecified atom stereocenters. The second-order valence-electron chi connectivity index (χ2n) is 2.86. The fourth-order valence-electron chi connectivity index (χ4n) is 0.141. The van der Waals surface area contributed by atoms with Crippen LogP contribution in [0.15, 0.2) is 0 Å². The van der Waals surface area contributed by atoms with Crippen molar-refractivity contribution in [1.82, 2.24) is 11.1 Å². The molecule has 0 saturated carbocycles. The molecule has 9 heavy (non-hydrogen) atoms. The summed E-state index contributed by atoms with van der Waals surface area (Å²) in [4.78, 5) is 1.99. The van der Waals surface area contributed by atoms with Gasteiger partial charge < -0.3 is 16.2 Å². The molecule has 0 radical (unpaired) electrons. The lowest BCUT2D eigenvalue weighted by Gasteiger charge is -2.29. The molecule has 0 aliphatic carbocycles. The molecule has 0 spiro atoms. The first-order valence-corrected chi connectivity index (χ1v) is 2.79. The Balaban J connectivity index is 0. The van der Waals surface area contributed by atoms with E-state index in [0.29, 0.717) is 0 Å². The molecule has 0 bridgehead atoms. The van der Waals surface area contributed by atoms with Crippen LogP contribution in [0.1, 0.15) is 13.8 Å². The van der Waals surface area contributed by atoms with Gasteiger partial charge in [-0.2, -0.15) is 0 Å². The Morgan fingerprint density at radius 3 is 1.67 bits per heavy atom. The van der Waals surface area contributed by atoms with Crippen LogP contribution in [0.25, 0.3) is 0 Å². The van der Waals surface area contributed by atoms with E-state index in [9.17, 15) is 0 Å². The molecule has 0 amide bonds. The average Bonchev–Trinajstić information content (AvgIpc) is 1.67. The van der Waals surface area contributed by atoms with E-state index in [1.54, 1.807) is 0 Å². The fraction of sp³-hybridized carbons (Fsp3) is 1.00. The molecule has 0 aliphatic heterocycles. The van der Waals surface area contributed by atoms with Gasteiger partial charge in [-0.25, -0.2) is 0 Å². The van der Waals surface area contributed by atoms with E-state index in [4.69, 9.17) is 5.11 Å². The van der Waals surface area contributed by atoms with E-state index in [1.165, 1.54) is 0 Å². The van der Waals surface area contributed by atoms with Crippen LogP contribution in [-0.2, 0) is 0 Å². The number of aliphatic hydroxyl groups excluding tert-OH is 1. The van der Waals surface area contributed by atoms with Gasteiger partial charge in [-0.3, -0.25) is 0 Å². The summed E-state index contributed by atoms with van der Waals surface area (Å²) in [6.07, 6.45) is 0. The predicted octanol–water partition coefficient (Wildman–Crippen LogP) is 0.481. The highest BCUT2D eigenvalue weighted by Gasteiger charge is 2.17. The number of aliphatic hydroxyl groups is 1. The van der Waals surface area contributed by atoms with E-state index in [0.717, 1.165) is 0 Å². The molecule has 0 atom stereocenters. The third-order valence-electron chi connectivity index (χ3n) is 1.60. The third kappa shape index (κ3) is 3.46. The zero-order valence-electron chi connectivity index (χ0n) is 6.81. The molecule has 0 saturated heterocycles. The standard InChI is InChI=1S/C6H15NO.H3N/c1-6(2,5-8)7(3)4;/h8H,5H2,1-4H3;1H3. The van der Waals surface area contributed by atoms with Crippen molar-refractivity contribution in [2.75, 3.05) is 20.7 Å². The monoisotopic (exact) mass is 134 g/mol. The minimum absolute atomic E-state index is 0. The van der Waals surface area contributed by atoms with Gasteiger partial charge in [-0.1, -0.05) is 0 Å².